The van der Waals surface area contributed by atoms with Crippen molar-refractivity contribution < 1.29 is 9.53 Å². The van der Waals surface area contributed by atoms with Crippen molar-refractivity contribution in [2.24, 2.45) is 0 Å². The number of amides is 2. The number of nitrogens with zero attached hydrogens (tertiary/aromatic N) is 2. The zero-order valence-corrected chi connectivity index (χ0v) is 16.1. The molecule has 1 saturated heterocycles. The molecular formula is C21H28N4O2. The van der Waals surface area contributed by atoms with Crippen molar-refractivity contribution in [3.8, 4) is 5.75 Å². The van der Waals surface area contributed by atoms with Crippen LogP contribution in [0, 0.1) is 0 Å². The summed E-state index contributed by atoms with van der Waals surface area (Å²) in [5.74, 6) is 1.77. The second-order valence-corrected chi connectivity index (χ2v) is 7.03. The molecule has 0 aliphatic carbocycles. The monoisotopic (exact) mass is 368 g/mol. The van der Waals surface area contributed by atoms with E-state index in [1.54, 1.807) is 0 Å². The Balaban J connectivity index is 1.55. The number of carbonyl (C=O) groups is 1. The highest BCUT2D eigenvalue weighted by Crippen LogP contribution is 2.21. The van der Waals surface area contributed by atoms with Crippen LogP contribution in [0.5, 0.6) is 5.75 Å². The Kier molecular flexibility index (Phi) is 6.52. The van der Waals surface area contributed by atoms with Crippen LogP contribution in [0.25, 0.3) is 0 Å². The summed E-state index contributed by atoms with van der Waals surface area (Å²) in [6.07, 6.45) is 5.61. The molecule has 0 bridgehead atoms. The molecule has 2 heterocycles. The minimum absolute atomic E-state index is 0.126. The third kappa shape index (κ3) is 5.61. The molecule has 1 fully saturated rings. The highest BCUT2D eigenvalue weighted by atomic mass is 16.5. The summed E-state index contributed by atoms with van der Waals surface area (Å²) in [6, 6.07) is 11.1. The van der Waals surface area contributed by atoms with Crippen molar-refractivity contribution in [2.75, 3.05) is 23.3 Å². The number of anilines is 2. The first-order valence-electron chi connectivity index (χ1n) is 9.62. The lowest BCUT2D eigenvalue weighted by molar-refractivity contribution is 0.242. The Morgan fingerprint density at radius 3 is 2.59 bits per heavy atom. The molecule has 2 aromatic rings. The van der Waals surface area contributed by atoms with E-state index in [1.807, 2.05) is 56.4 Å². The van der Waals surface area contributed by atoms with Gasteiger partial charge in [0.25, 0.3) is 0 Å². The molecule has 2 amide bonds. The summed E-state index contributed by atoms with van der Waals surface area (Å²) >= 11 is 0. The van der Waals surface area contributed by atoms with Crippen LogP contribution in [0.1, 0.15) is 38.7 Å². The number of pyridine rings is 1. The molecule has 1 aliphatic rings. The highest BCUT2D eigenvalue weighted by molar-refractivity contribution is 5.89. The quantitative estimate of drug-likeness (QED) is 0.803. The van der Waals surface area contributed by atoms with Gasteiger partial charge in [-0.15, -0.1) is 0 Å². The third-order valence-corrected chi connectivity index (χ3v) is 4.45. The second-order valence-electron chi connectivity index (χ2n) is 7.03. The van der Waals surface area contributed by atoms with E-state index < -0.39 is 0 Å². The van der Waals surface area contributed by atoms with Gasteiger partial charge >= 0.3 is 6.03 Å². The van der Waals surface area contributed by atoms with Crippen molar-refractivity contribution >= 4 is 17.5 Å². The fourth-order valence-electron chi connectivity index (χ4n) is 3.20. The van der Waals surface area contributed by atoms with E-state index >= 15 is 0 Å². The van der Waals surface area contributed by atoms with Crippen LogP contribution in [-0.4, -0.2) is 30.2 Å². The lowest BCUT2D eigenvalue weighted by Crippen LogP contribution is -2.33. The van der Waals surface area contributed by atoms with E-state index in [4.69, 9.17) is 4.74 Å². The van der Waals surface area contributed by atoms with Gasteiger partial charge in [-0.2, -0.15) is 0 Å². The van der Waals surface area contributed by atoms with E-state index in [2.05, 4.69) is 20.5 Å². The lowest BCUT2D eigenvalue weighted by atomic mass is 10.1. The van der Waals surface area contributed by atoms with Crippen LogP contribution < -0.4 is 20.3 Å². The Morgan fingerprint density at radius 2 is 1.89 bits per heavy atom. The van der Waals surface area contributed by atoms with E-state index in [1.165, 1.54) is 19.3 Å². The normalized spacial score (nSPS) is 14.1. The first-order valence-corrected chi connectivity index (χ1v) is 9.62. The molecule has 1 aliphatic heterocycles. The number of hydrogen-bond acceptors (Lipinski definition) is 4. The topological polar surface area (TPSA) is 66.5 Å². The van der Waals surface area contributed by atoms with Gasteiger partial charge in [0, 0.05) is 37.1 Å². The number of rotatable bonds is 6. The Labute approximate surface area is 160 Å². The molecular weight excluding hydrogens is 340 g/mol. The lowest BCUT2D eigenvalue weighted by Gasteiger charge is -2.29. The standard InChI is InChI=1S/C21H28N4O2/c1-16(2)27-19-10-8-18(9-11-19)24-21(26)23-15-17-7-6-12-22-20(17)25-13-4-3-5-14-25/h6-12,16H,3-5,13-15H2,1-2H3,(H2,23,24,26). The van der Waals surface area contributed by atoms with Gasteiger partial charge < -0.3 is 20.3 Å². The predicted molar refractivity (Wildman–Crippen MR) is 108 cm³/mol. The molecule has 6 nitrogen and oxygen atoms in total. The average Bonchev–Trinajstić information content (AvgIpc) is 2.68. The molecule has 1 aromatic heterocycles. The zero-order valence-electron chi connectivity index (χ0n) is 16.1. The number of ether oxygens (including phenoxy) is 1. The summed E-state index contributed by atoms with van der Waals surface area (Å²) in [6.45, 7) is 6.47. The maximum atomic E-state index is 12.2. The van der Waals surface area contributed by atoms with Crippen LogP contribution in [0.4, 0.5) is 16.3 Å². The number of nitrogens with one attached hydrogen (secondary N) is 2. The van der Waals surface area contributed by atoms with Crippen molar-refractivity contribution in [3.05, 3.63) is 48.2 Å². The number of carbonyl (C=O) groups excluding carboxylic acids is 1. The third-order valence-electron chi connectivity index (χ3n) is 4.45. The van der Waals surface area contributed by atoms with Crippen molar-refractivity contribution in [1.29, 1.82) is 0 Å². The molecule has 144 valence electrons. The van der Waals surface area contributed by atoms with Gasteiger partial charge in [-0.25, -0.2) is 9.78 Å². The van der Waals surface area contributed by atoms with E-state index in [0.717, 1.165) is 35.9 Å². The van der Waals surface area contributed by atoms with Gasteiger partial charge in [-0.05, 0) is 63.4 Å². The molecule has 6 heteroatoms. The average molecular weight is 368 g/mol. The first kappa shape index (κ1) is 19.0. The molecule has 1 aromatic carbocycles. The number of benzene rings is 1. The number of urea groups is 1. The molecule has 2 N–H and O–H groups in total. The van der Waals surface area contributed by atoms with Gasteiger partial charge in [0.1, 0.15) is 11.6 Å². The highest BCUT2D eigenvalue weighted by Gasteiger charge is 2.15. The van der Waals surface area contributed by atoms with Gasteiger partial charge in [0.2, 0.25) is 0 Å². The minimum atomic E-state index is -0.235. The molecule has 3 rings (SSSR count). The summed E-state index contributed by atoms with van der Waals surface area (Å²) < 4.78 is 5.61. The van der Waals surface area contributed by atoms with Gasteiger partial charge in [0.15, 0.2) is 0 Å². The van der Waals surface area contributed by atoms with Crippen LogP contribution >= 0.6 is 0 Å². The summed E-state index contributed by atoms with van der Waals surface area (Å²) in [4.78, 5) is 19.1. The van der Waals surface area contributed by atoms with Crippen LogP contribution in [0.15, 0.2) is 42.6 Å². The first-order chi connectivity index (χ1) is 13.1. The van der Waals surface area contributed by atoms with Gasteiger partial charge in [0.05, 0.1) is 6.10 Å². The predicted octanol–water partition coefficient (Wildman–Crippen LogP) is 4.18. The molecule has 0 spiro atoms. The van der Waals surface area contributed by atoms with E-state index in [0.29, 0.717) is 6.54 Å². The number of hydrogen-bond donors (Lipinski definition) is 2. The van der Waals surface area contributed by atoms with Crippen LogP contribution in [-0.2, 0) is 6.54 Å². The minimum Gasteiger partial charge on any atom is -0.491 e. The van der Waals surface area contributed by atoms with E-state index in [9.17, 15) is 4.79 Å². The summed E-state index contributed by atoms with van der Waals surface area (Å²) in [7, 11) is 0. The second kappa shape index (κ2) is 9.26. The van der Waals surface area contributed by atoms with Crippen LogP contribution in [0.3, 0.4) is 0 Å². The van der Waals surface area contributed by atoms with Crippen molar-refractivity contribution in [3.63, 3.8) is 0 Å². The SMILES string of the molecule is CC(C)Oc1ccc(NC(=O)NCc2cccnc2N2CCCCC2)cc1. The summed E-state index contributed by atoms with van der Waals surface area (Å²) in [5.41, 5.74) is 1.77. The largest absolute Gasteiger partial charge is 0.491 e. The van der Waals surface area contributed by atoms with Gasteiger partial charge in [-0.1, -0.05) is 6.07 Å². The maximum absolute atomic E-state index is 12.2. The smallest absolute Gasteiger partial charge is 0.319 e. The Bertz CT molecular complexity index is 740. The van der Waals surface area contributed by atoms with Gasteiger partial charge in [-0.3, -0.25) is 0 Å². The maximum Gasteiger partial charge on any atom is 0.319 e. The molecule has 0 radical (unpaired) electrons. The number of aromatic nitrogens is 1. The molecule has 0 atom stereocenters. The fourth-order valence-corrected chi connectivity index (χ4v) is 3.20. The Hall–Kier alpha value is -2.76. The zero-order chi connectivity index (χ0) is 19.1. The van der Waals surface area contributed by atoms with Crippen LogP contribution in [0.2, 0.25) is 0 Å². The molecule has 27 heavy (non-hydrogen) atoms. The number of piperidine rings is 1. The Morgan fingerprint density at radius 1 is 1.15 bits per heavy atom. The van der Waals surface area contributed by atoms with Crippen molar-refractivity contribution in [2.45, 2.75) is 45.8 Å². The fraction of sp³-hybridized carbons (Fsp3) is 0.429. The van der Waals surface area contributed by atoms with E-state index in [-0.39, 0.29) is 12.1 Å². The molecule has 0 unspecified atom stereocenters. The summed E-state index contributed by atoms with van der Waals surface area (Å²) in [5, 5.41) is 5.78. The van der Waals surface area contributed by atoms with Crippen molar-refractivity contribution in [1.82, 2.24) is 10.3 Å². The molecule has 0 saturated carbocycles.